The van der Waals surface area contributed by atoms with Crippen LogP contribution in [-0.2, 0) is 0 Å². The van der Waals surface area contributed by atoms with E-state index in [2.05, 4.69) is 42.1 Å². The first-order valence-electron chi connectivity index (χ1n) is 13.5. The molecule has 0 bridgehead atoms. The maximum Gasteiger partial charge on any atom is 0.229 e. The number of anilines is 3. The van der Waals surface area contributed by atoms with Gasteiger partial charge in [0.1, 0.15) is 11.5 Å². The fourth-order valence-electron chi connectivity index (χ4n) is 4.35. The Bertz CT molecular complexity index is 1560. The highest BCUT2D eigenvalue weighted by atomic mass is 15.1. The fraction of sp³-hybridized carbons (Fsp3) is 0.182. The van der Waals surface area contributed by atoms with Crippen LogP contribution < -0.4 is 11.1 Å². The van der Waals surface area contributed by atoms with Gasteiger partial charge in [-0.05, 0) is 66.1 Å². The highest BCUT2D eigenvalue weighted by molar-refractivity contribution is 5.71. The second kappa shape index (κ2) is 13.6. The zero-order valence-corrected chi connectivity index (χ0v) is 22.3. The average Bonchev–Trinajstić information content (AvgIpc) is 3.03. The van der Waals surface area contributed by atoms with Gasteiger partial charge in [-0.15, -0.1) is 0 Å². The van der Waals surface area contributed by atoms with Gasteiger partial charge in [0.05, 0.1) is 11.3 Å². The van der Waals surface area contributed by atoms with E-state index in [1.54, 1.807) is 24.8 Å². The Morgan fingerprint density at radius 3 is 2.15 bits per heavy atom. The summed E-state index contributed by atoms with van der Waals surface area (Å²) in [5.41, 5.74) is 12.0. The Hall–Kier alpha value is -5.09. The molecular weight excluding hydrogens is 494 g/mol. The van der Waals surface area contributed by atoms with Gasteiger partial charge < -0.3 is 11.1 Å². The summed E-state index contributed by atoms with van der Waals surface area (Å²) < 4.78 is 0. The minimum atomic E-state index is 0.361. The molecular formula is C33H31N7. The molecule has 0 radical (unpaired) electrons. The summed E-state index contributed by atoms with van der Waals surface area (Å²) in [5.74, 6) is 7.04. The van der Waals surface area contributed by atoms with E-state index in [1.165, 1.54) is 38.5 Å². The molecule has 0 saturated heterocycles. The van der Waals surface area contributed by atoms with Crippen LogP contribution in [0.25, 0.3) is 22.4 Å². The summed E-state index contributed by atoms with van der Waals surface area (Å²) in [4.78, 5) is 21.5. The predicted octanol–water partition coefficient (Wildman–Crippen LogP) is 7.06. The molecule has 5 aromatic rings. The second-order valence-electron chi connectivity index (χ2n) is 9.45. The van der Waals surface area contributed by atoms with Crippen molar-refractivity contribution in [2.45, 2.75) is 38.5 Å². The van der Waals surface area contributed by atoms with Gasteiger partial charge >= 0.3 is 0 Å². The first kappa shape index (κ1) is 26.5. The van der Waals surface area contributed by atoms with E-state index in [1.807, 2.05) is 72.9 Å². The van der Waals surface area contributed by atoms with Crippen LogP contribution in [-0.4, -0.2) is 24.9 Å². The number of nitrogens with one attached hydrogen (secondary N) is 1. The Balaban J connectivity index is 0.000000477. The second-order valence-corrected chi connectivity index (χ2v) is 9.45. The summed E-state index contributed by atoms with van der Waals surface area (Å²) in [6.07, 6.45) is 17.7. The first-order valence-corrected chi connectivity index (χ1v) is 13.5. The van der Waals surface area contributed by atoms with Gasteiger partial charge in [0.2, 0.25) is 5.95 Å². The van der Waals surface area contributed by atoms with Crippen molar-refractivity contribution in [1.29, 1.82) is 0 Å². The Labute approximate surface area is 235 Å². The molecule has 0 unspecified atom stereocenters. The van der Waals surface area contributed by atoms with Crippen LogP contribution in [0, 0.1) is 11.8 Å². The number of nitrogens with zero attached hydrogens (tertiary/aromatic N) is 5. The molecule has 40 heavy (non-hydrogen) atoms. The van der Waals surface area contributed by atoms with Crippen molar-refractivity contribution in [3.8, 4) is 34.2 Å². The monoisotopic (exact) mass is 525 g/mol. The van der Waals surface area contributed by atoms with Crippen molar-refractivity contribution in [1.82, 2.24) is 24.9 Å². The number of benzene rings is 1. The van der Waals surface area contributed by atoms with Crippen molar-refractivity contribution in [3.63, 3.8) is 0 Å². The lowest BCUT2D eigenvalue weighted by molar-refractivity contribution is 0.504. The number of pyridine rings is 3. The molecule has 3 N–H and O–H groups in total. The topological polar surface area (TPSA) is 102 Å². The normalized spacial score (nSPS) is 12.3. The molecule has 6 rings (SSSR count). The van der Waals surface area contributed by atoms with E-state index in [-0.39, 0.29) is 0 Å². The standard InChI is InChI=1S/C27H19N7.C6H12/c28-26-24(25-5-1-2-14-31-25)18-32-27(34-26)33-22-9-6-19(7-10-22)8-11-23-16-20(12-15-30-23)21-4-3-13-29-17-21;1-2-4-6-5-3-1/h1-7,9-10,12-18H,(H3,28,32,33,34);1-6H2. The SMILES string of the molecule is C1CCCCC1.Nc1nc(Nc2ccc(C#Cc3cc(-c4cccnc4)ccn3)cc2)ncc1-c1ccccn1. The van der Waals surface area contributed by atoms with Crippen molar-refractivity contribution < 1.29 is 0 Å². The summed E-state index contributed by atoms with van der Waals surface area (Å²) in [5, 5.41) is 3.16. The molecule has 7 nitrogen and oxygen atoms in total. The van der Waals surface area contributed by atoms with Gasteiger partial charge in [0.25, 0.3) is 0 Å². The molecule has 1 aliphatic carbocycles. The van der Waals surface area contributed by atoms with Crippen LogP contribution in [0.3, 0.4) is 0 Å². The maximum absolute atomic E-state index is 6.11. The molecule has 1 saturated carbocycles. The van der Waals surface area contributed by atoms with Crippen LogP contribution >= 0.6 is 0 Å². The molecule has 0 atom stereocenters. The number of aromatic nitrogens is 5. The molecule has 4 aromatic heterocycles. The number of hydrogen-bond acceptors (Lipinski definition) is 7. The molecule has 1 aliphatic rings. The third-order valence-electron chi connectivity index (χ3n) is 6.49. The van der Waals surface area contributed by atoms with E-state index < -0.39 is 0 Å². The highest BCUT2D eigenvalue weighted by Gasteiger charge is 2.08. The third-order valence-corrected chi connectivity index (χ3v) is 6.49. The Morgan fingerprint density at radius 1 is 0.675 bits per heavy atom. The molecule has 1 aromatic carbocycles. The lowest BCUT2D eigenvalue weighted by atomic mass is 10.0. The van der Waals surface area contributed by atoms with E-state index in [9.17, 15) is 0 Å². The summed E-state index contributed by atoms with van der Waals surface area (Å²) in [6, 6.07) is 21.1. The van der Waals surface area contributed by atoms with Gasteiger partial charge in [0.15, 0.2) is 0 Å². The maximum atomic E-state index is 6.11. The number of rotatable bonds is 4. The predicted molar refractivity (Wildman–Crippen MR) is 161 cm³/mol. The van der Waals surface area contributed by atoms with Crippen LogP contribution in [0.5, 0.6) is 0 Å². The Morgan fingerprint density at radius 2 is 1.48 bits per heavy atom. The molecule has 1 fully saturated rings. The van der Waals surface area contributed by atoms with E-state index in [0.29, 0.717) is 23.0 Å². The minimum Gasteiger partial charge on any atom is -0.383 e. The molecule has 198 valence electrons. The molecule has 0 aliphatic heterocycles. The fourth-order valence-corrected chi connectivity index (χ4v) is 4.35. The van der Waals surface area contributed by atoms with Crippen molar-refractivity contribution >= 4 is 17.5 Å². The number of nitrogens with two attached hydrogens (primary N) is 1. The minimum absolute atomic E-state index is 0.361. The summed E-state index contributed by atoms with van der Waals surface area (Å²) in [6.45, 7) is 0. The zero-order chi connectivity index (χ0) is 27.4. The van der Waals surface area contributed by atoms with Crippen molar-refractivity contribution in [2.75, 3.05) is 11.1 Å². The molecule has 7 heteroatoms. The van der Waals surface area contributed by atoms with E-state index in [0.717, 1.165) is 28.1 Å². The lowest BCUT2D eigenvalue weighted by Crippen LogP contribution is -2.02. The quantitative estimate of drug-likeness (QED) is 0.242. The van der Waals surface area contributed by atoms with Gasteiger partial charge in [-0.25, -0.2) is 9.97 Å². The first-order chi connectivity index (χ1) is 19.7. The van der Waals surface area contributed by atoms with Crippen molar-refractivity contribution in [3.05, 3.63) is 109 Å². The van der Waals surface area contributed by atoms with Crippen LogP contribution in [0.1, 0.15) is 49.8 Å². The van der Waals surface area contributed by atoms with Gasteiger partial charge in [-0.3, -0.25) is 9.97 Å². The molecule has 0 spiro atoms. The van der Waals surface area contributed by atoms with Crippen molar-refractivity contribution in [2.24, 2.45) is 0 Å². The number of hydrogen-bond donors (Lipinski definition) is 2. The average molecular weight is 526 g/mol. The zero-order valence-electron chi connectivity index (χ0n) is 22.3. The van der Waals surface area contributed by atoms with Gasteiger partial charge in [-0.1, -0.05) is 56.6 Å². The van der Waals surface area contributed by atoms with Crippen LogP contribution in [0.2, 0.25) is 0 Å². The number of nitrogen functional groups attached to an aromatic ring is 1. The molecule has 0 amide bonds. The largest absolute Gasteiger partial charge is 0.383 e. The Kier molecular flexibility index (Phi) is 9.03. The van der Waals surface area contributed by atoms with Crippen LogP contribution in [0.4, 0.5) is 17.5 Å². The third kappa shape index (κ3) is 7.49. The lowest BCUT2D eigenvalue weighted by Gasteiger charge is -2.08. The van der Waals surface area contributed by atoms with Crippen LogP contribution in [0.15, 0.2) is 97.7 Å². The smallest absolute Gasteiger partial charge is 0.229 e. The van der Waals surface area contributed by atoms with E-state index >= 15 is 0 Å². The molecule has 4 heterocycles. The summed E-state index contributed by atoms with van der Waals surface area (Å²) >= 11 is 0. The highest BCUT2D eigenvalue weighted by Crippen LogP contribution is 2.23. The van der Waals surface area contributed by atoms with Gasteiger partial charge in [0, 0.05) is 47.8 Å². The summed E-state index contributed by atoms with van der Waals surface area (Å²) in [7, 11) is 0. The van der Waals surface area contributed by atoms with Gasteiger partial charge in [-0.2, -0.15) is 4.98 Å². The van der Waals surface area contributed by atoms with E-state index in [4.69, 9.17) is 5.73 Å².